The molecule has 1 aliphatic carbocycles. The summed E-state index contributed by atoms with van der Waals surface area (Å²) in [6.45, 7) is 7.41. The smallest absolute Gasteiger partial charge is 0.0632 e. The molecular weight excluding hydrogens is 100 g/mol. The first-order chi connectivity index (χ1) is 3.77. The van der Waals surface area contributed by atoms with Crippen LogP contribution in [-0.2, 0) is 4.74 Å². The average Bonchev–Trinajstić information content (AvgIpc) is 2.25. The standard InChI is InChI=1S/C7H14O/c1-4-8-7-5(2)6(7)3/h5-7H,4H2,1-3H3. The highest BCUT2D eigenvalue weighted by Gasteiger charge is 2.43. The van der Waals surface area contributed by atoms with Crippen LogP contribution in [0.1, 0.15) is 20.8 Å². The van der Waals surface area contributed by atoms with Gasteiger partial charge in [-0.25, -0.2) is 0 Å². The van der Waals surface area contributed by atoms with E-state index in [1.807, 2.05) is 0 Å². The van der Waals surface area contributed by atoms with Gasteiger partial charge in [0.25, 0.3) is 0 Å². The summed E-state index contributed by atoms with van der Waals surface area (Å²) in [5.41, 5.74) is 0. The topological polar surface area (TPSA) is 9.23 Å². The Bertz CT molecular complexity index is 72.5. The Hall–Kier alpha value is -0.0400. The summed E-state index contributed by atoms with van der Waals surface area (Å²) in [4.78, 5) is 0. The number of hydrogen-bond acceptors (Lipinski definition) is 1. The van der Waals surface area contributed by atoms with Crippen molar-refractivity contribution in [2.45, 2.75) is 26.9 Å². The lowest BCUT2D eigenvalue weighted by atomic mass is 10.4. The summed E-state index contributed by atoms with van der Waals surface area (Å²) < 4.78 is 5.38. The minimum Gasteiger partial charge on any atom is -0.378 e. The van der Waals surface area contributed by atoms with Gasteiger partial charge >= 0.3 is 0 Å². The lowest BCUT2D eigenvalue weighted by Crippen LogP contribution is -1.94. The van der Waals surface area contributed by atoms with E-state index in [-0.39, 0.29) is 0 Å². The molecule has 0 saturated heterocycles. The largest absolute Gasteiger partial charge is 0.378 e. The van der Waals surface area contributed by atoms with Crippen LogP contribution in [0, 0.1) is 11.8 Å². The van der Waals surface area contributed by atoms with Gasteiger partial charge in [-0.3, -0.25) is 0 Å². The van der Waals surface area contributed by atoms with Crippen LogP contribution in [0.2, 0.25) is 0 Å². The van der Waals surface area contributed by atoms with Crippen LogP contribution in [0.25, 0.3) is 0 Å². The molecule has 0 amide bonds. The summed E-state index contributed by atoms with van der Waals surface area (Å²) in [6, 6.07) is 0. The third kappa shape index (κ3) is 0.873. The lowest BCUT2D eigenvalue weighted by molar-refractivity contribution is 0.116. The Balaban J connectivity index is 2.13. The molecule has 2 atom stereocenters. The predicted octanol–water partition coefficient (Wildman–Crippen LogP) is 1.68. The molecule has 0 bridgehead atoms. The van der Waals surface area contributed by atoms with E-state index in [2.05, 4.69) is 20.8 Å². The van der Waals surface area contributed by atoms with Crippen molar-refractivity contribution in [1.82, 2.24) is 0 Å². The summed E-state index contributed by atoms with van der Waals surface area (Å²) in [6.07, 6.45) is 0.583. The first-order valence-electron chi connectivity index (χ1n) is 3.39. The van der Waals surface area contributed by atoms with Crippen LogP contribution < -0.4 is 0 Å². The van der Waals surface area contributed by atoms with Crippen LogP contribution in [0.15, 0.2) is 0 Å². The van der Waals surface area contributed by atoms with Gasteiger partial charge in [0.1, 0.15) is 0 Å². The maximum absolute atomic E-state index is 5.38. The molecule has 0 aromatic rings. The Morgan fingerprint density at radius 1 is 1.25 bits per heavy atom. The maximum Gasteiger partial charge on any atom is 0.0632 e. The quantitative estimate of drug-likeness (QED) is 0.530. The van der Waals surface area contributed by atoms with Gasteiger partial charge in [-0.1, -0.05) is 13.8 Å². The lowest BCUT2D eigenvalue weighted by Gasteiger charge is -1.93. The number of rotatable bonds is 2. The van der Waals surface area contributed by atoms with Crippen molar-refractivity contribution < 1.29 is 4.74 Å². The molecule has 0 aromatic heterocycles. The highest BCUT2D eigenvalue weighted by Crippen LogP contribution is 2.40. The summed E-state index contributed by atoms with van der Waals surface area (Å²) in [7, 11) is 0. The van der Waals surface area contributed by atoms with E-state index in [4.69, 9.17) is 4.74 Å². The van der Waals surface area contributed by atoms with Crippen molar-refractivity contribution in [2.24, 2.45) is 11.8 Å². The Kier molecular flexibility index (Phi) is 1.57. The second-order valence-corrected chi connectivity index (χ2v) is 2.64. The average molecular weight is 114 g/mol. The Morgan fingerprint density at radius 3 is 1.88 bits per heavy atom. The van der Waals surface area contributed by atoms with E-state index >= 15 is 0 Å². The fourth-order valence-electron chi connectivity index (χ4n) is 1.11. The van der Waals surface area contributed by atoms with Crippen LogP contribution in [0.3, 0.4) is 0 Å². The van der Waals surface area contributed by atoms with Gasteiger partial charge in [0.05, 0.1) is 6.10 Å². The molecule has 1 nitrogen and oxygen atoms in total. The summed E-state index contributed by atoms with van der Waals surface area (Å²) in [5.74, 6) is 1.63. The molecule has 2 unspecified atom stereocenters. The van der Waals surface area contributed by atoms with E-state index in [9.17, 15) is 0 Å². The second kappa shape index (κ2) is 2.06. The maximum atomic E-state index is 5.38. The van der Waals surface area contributed by atoms with Gasteiger partial charge in [0.15, 0.2) is 0 Å². The van der Waals surface area contributed by atoms with Crippen LogP contribution in [-0.4, -0.2) is 12.7 Å². The zero-order valence-corrected chi connectivity index (χ0v) is 5.85. The monoisotopic (exact) mass is 114 g/mol. The second-order valence-electron chi connectivity index (χ2n) is 2.64. The minimum atomic E-state index is 0.583. The first-order valence-corrected chi connectivity index (χ1v) is 3.39. The molecule has 1 rings (SSSR count). The molecule has 1 aliphatic rings. The zero-order valence-electron chi connectivity index (χ0n) is 5.85. The minimum absolute atomic E-state index is 0.583. The number of ether oxygens (including phenoxy) is 1. The zero-order chi connectivity index (χ0) is 6.15. The van der Waals surface area contributed by atoms with E-state index in [1.54, 1.807) is 0 Å². The molecule has 0 aliphatic heterocycles. The van der Waals surface area contributed by atoms with Gasteiger partial charge in [-0.05, 0) is 18.8 Å². The van der Waals surface area contributed by atoms with Gasteiger partial charge in [-0.2, -0.15) is 0 Å². The molecule has 0 radical (unpaired) electrons. The molecule has 0 spiro atoms. The molecule has 48 valence electrons. The van der Waals surface area contributed by atoms with Crippen LogP contribution in [0.4, 0.5) is 0 Å². The van der Waals surface area contributed by atoms with E-state index in [0.717, 1.165) is 18.4 Å². The van der Waals surface area contributed by atoms with Crippen molar-refractivity contribution in [2.75, 3.05) is 6.61 Å². The highest BCUT2D eigenvalue weighted by molar-refractivity contribution is 4.92. The fraction of sp³-hybridized carbons (Fsp3) is 1.00. The Labute approximate surface area is 51.0 Å². The molecule has 1 heteroatoms. The molecule has 1 fully saturated rings. The van der Waals surface area contributed by atoms with Crippen LogP contribution >= 0.6 is 0 Å². The molecule has 1 saturated carbocycles. The van der Waals surface area contributed by atoms with Crippen molar-refractivity contribution in [1.29, 1.82) is 0 Å². The van der Waals surface area contributed by atoms with E-state index < -0.39 is 0 Å². The number of hydrogen-bond donors (Lipinski definition) is 0. The van der Waals surface area contributed by atoms with Crippen molar-refractivity contribution in [3.05, 3.63) is 0 Å². The Morgan fingerprint density at radius 2 is 1.75 bits per heavy atom. The van der Waals surface area contributed by atoms with Gasteiger partial charge in [0, 0.05) is 6.61 Å². The summed E-state index contributed by atoms with van der Waals surface area (Å²) >= 11 is 0. The van der Waals surface area contributed by atoms with E-state index in [1.165, 1.54) is 0 Å². The molecule has 0 heterocycles. The highest BCUT2D eigenvalue weighted by atomic mass is 16.5. The molecule has 8 heavy (non-hydrogen) atoms. The normalized spacial score (nSPS) is 44.6. The van der Waals surface area contributed by atoms with E-state index in [0.29, 0.717) is 6.10 Å². The third-order valence-corrected chi connectivity index (χ3v) is 2.08. The van der Waals surface area contributed by atoms with Gasteiger partial charge in [0.2, 0.25) is 0 Å². The van der Waals surface area contributed by atoms with Crippen LogP contribution in [0.5, 0.6) is 0 Å². The first kappa shape index (κ1) is 6.09. The molecular formula is C7H14O. The predicted molar refractivity (Wildman–Crippen MR) is 33.7 cm³/mol. The SMILES string of the molecule is CCOC1C(C)C1C. The van der Waals surface area contributed by atoms with Crippen molar-refractivity contribution >= 4 is 0 Å². The van der Waals surface area contributed by atoms with Gasteiger partial charge < -0.3 is 4.74 Å². The van der Waals surface area contributed by atoms with Gasteiger partial charge in [-0.15, -0.1) is 0 Å². The van der Waals surface area contributed by atoms with Crippen molar-refractivity contribution in [3.8, 4) is 0 Å². The van der Waals surface area contributed by atoms with Crippen molar-refractivity contribution in [3.63, 3.8) is 0 Å². The summed E-state index contributed by atoms with van der Waals surface area (Å²) in [5, 5.41) is 0. The molecule has 0 aromatic carbocycles. The molecule has 0 N–H and O–H groups in total. The fourth-order valence-corrected chi connectivity index (χ4v) is 1.11. The third-order valence-electron chi connectivity index (χ3n) is 2.08.